The Labute approximate surface area is 173 Å². The number of Topliss-reactive ketones (excluding diaryl/α,β-unsaturated/α-hetero) is 1. The summed E-state index contributed by atoms with van der Waals surface area (Å²) >= 11 is 0. The topological polar surface area (TPSA) is 17.1 Å². The number of rotatable bonds is 5. The molecule has 1 heteroatoms. The van der Waals surface area contributed by atoms with Crippen LogP contribution in [0.25, 0.3) is 0 Å². The predicted molar refractivity (Wildman–Crippen MR) is 118 cm³/mol. The Kier molecular flexibility index (Phi) is 5.43. The van der Waals surface area contributed by atoms with Crippen molar-refractivity contribution in [2.24, 2.45) is 40.4 Å². The molecule has 5 unspecified atom stereocenters. The quantitative estimate of drug-likeness (QED) is 0.480. The van der Waals surface area contributed by atoms with E-state index < -0.39 is 0 Å². The molecule has 0 aromatic rings. The highest BCUT2D eigenvalue weighted by molar-refractivity contribution is 5.83. The van der Waals surface area contributed by atoms with Crippen molar-refractivity contribution in [2.75, 3.05) is 0 Å². The van der Waals surface area contributed by atoms with Gasteiger partial charge in [-0.15, -0.1) is 0 Å². The van der Waals surface area contributed by atoms with Crippen LogP contribution in [0.5, 0.6) is 0 Å². The molecule has 6 atom stereocenters. The number of carbonyl (C=O) groups excluding carboxylic acids is 1. The Morgan fingerprint density at radius 3 is 2.54 bits per heavy atom. The molecule has 0 radical (unpaired) electrons. The van der Waals surface area contributed by atoms with Gasteiger partial charge in [-0.05, 0) is 72.5 Å². The van der Waals surface area contributed by atoms with Gasteiger partial charge in [0.1, 0.15) is 5.78 Å². The number of carbonyl (C=O) groups is 1. The fraction of sp³-hybridized carbons (Fsp3) is 0.815. The van der Waals surface area contributed by atoms with E-state index in [1.165, 1.54) is 50.5 Å². The summed E-state index contributed by atoms with van der Waals surface area (Å²) in [6, 6.07) is 0. The molecule has 4 aliphatic rings. The lowest BCUT2D eigenvalue weighted by Crippen LogP contribution is -2.46. The number of fused-ring (bicyclic) bond motifs is 5. The average molecular weight is 383 g/mol. The molecular weight excluding hydrogens is 340 g/mol. The molecule has 3 fully saturated rings. The SMILES string of the molecule is CC(C)CCCC(C)[C@H]1CCC2C3=CC=C4CC(=O)CCC4(C)C3CCC21C. The van der Waals surface area contributed by atoms with Crippen molar-refractivity contribution in [1.82, 2.24) is 0 Å². The van der Waals surface area contributed by atoms with E-state index in [-0.39, 0.29) is 5.41 Å². The van der Waals surface area contributed by atoms with Crippen LogP contribution in [0.3, 0.4) is 0 Å². The molecule has 0 heterocycles. The van der Waals surface area contributed by atoms with Gasteiger partial charge >= 0.3 is 0 Å². The van der Waals surface area contributed by atoms with Crippen molar-refractivity contribution < 1.29 is 4.79 Å². The highest BCUT2D eigenvalue weighted by Gasteiger charge is 2.56. The molecule has 3 saturated carbocycles. The third-order valence-electron chi connectivity index (χ3n) is 9.60. The summed E-state index contributed by atoms with van der Waals surface area (Å²) in [6.07, 6.45) is 17.2. The lowest BCUT2D eigenvalue weighted by Gasteiger charge is -2.54. The van der Waals surface area contributed by atoms with Crippen molar-refractivity contribution in [1.29, 1.82) is 0 Å². The predicted octanol–water partition coefficient (Wildman–Crippen LogP) is 7.52. The van der Waals surface area contributed by atoms with E-state index in [1.807, 2.05) is 0 Å². The molecule has 0 amide bonds. The minimum absolute atomic E-state index is 0.264. The van der Waals surface area contributed by atoms with Gasteiger partial charge in [-0.3, -0.25) is 4.79 Å². The van der Waals surface area contributed by atoms with Crippen LogP contribution in [-0.4, -0.2) is 5.78 Å². The Hall–Kier alpha value is -0.850. The van der Waals surface area contributed by atoms with Crippen LogP contribution >= 0.6 is 0 Å². The second-order valence-electron chi connectivity index (χ2n) is 11.6. The molecule has 4 rings (SSSR count). The van der Waals surface area contributed by atoms with E-state index in [0.717, 1.165) is 36.5 Å². The Balaban J connectivity index is 1.54. The van der Waals surface area contributed by atoms with E-state index in [4.69, 9.17) is 0 Å². The molecule has 156 valence electrons. The van der Waals surface area contributed by atoms with Crippen molar-refractivity contribution >= 4 is 5.78 Å². The molecule has 0 aromatic heterocycles. The minimum atomic E-state index is 0.264. The third kappa shape index (κ3) is 3.25. The van der Waals surface area contributed by atoms with E-state index in [1.54, 1.807) is 5.57 Å². The smallest absolute Gasteiger partial charge is 0.136 e. The largest absolute Gasteiger partial charge is 0.299 e. The van der Waals surface area contributed by atoms with Gasteiger partial charge in [0.25, 0.3) is 0 Å². The van der Waals surface area contributed by atoms with E-state index in [0.29, 0.717) is 23.5 Å². The van der Waals surface area contributed by atoms with Crippen molar-refractivity contribution in [3.63, 3.8) is 0 Å². The summed E-state index contributed by atoms with van der Waals surface area (Å²) in [4.78, 5) is 12.0. The lowest BCUT2D eigenvalue weighted by molar-refractivity contribution is -0.120. The summed E-state index contributed by atoms with van der Waals surface area (Å²) in [5, 5.41) is 0. The molecule has 0 bridgehead atoms. The molecule has 0 aromatic carbocycles. The zero-order chi connectivity index (χ0) is 20.1. The normalized spacial score (nSPS) is 41.1. The van der Waals surface area contributed by atoms with Crippen LogP contribution in [-0.2, 0) is 4.79 Å². The maximum absolute atomic E-state index is 12.0. The Bertz CT molecular complexity index is 682. The summed E-state index contributed by atoms with van der Waals surface area (Å²) < 4.78 is 0. The van der Waals surface area contributed by atoms with Gasteiger partial charge in [-0.25, -0.2) is 0 Å². The molecule has 0 aliphatic heterocycles. The zero-order valence-corrected chi connectivity index (χ0v) is 19.0. The summed E-state index contributed by atoms with van der Waals surface area (Å²) in [6.45, 7) is 12.4. The molecule has 0 spiro atoms. The minimum Gasteiger partial charge on any atom is -0.299 e. The van der Waals surface area contributed by atoms with Crippen LogP contribution in [0.15, 0.2) is 23.3 Å². The molecule has 0 saturated heterocycles. The summed E-state index contributed by atoms with van der Waals surface area (Å²) in [5.74, 6) is 4.55. The van der Waals surface area contributed by atoms with Gasteiger partial charge in [0.15, 0.2) is 0 Å². The first kappa shape index (κ1) is 20.4. The first-order valence-corrected chi connectivity index (χ1v) is 12.2. The third-order valence-corrected chi connectivity index (χ3v) is 9.60. The fourth-order valence-electron chi connectivity index (χ4n) is 7.84. The van der Waals surface area contributed by atoms with E-state index in [2.05, 4.69) is 46.8 Å². The van der Waals surface area contributed by atoms with Gasteiger partial charge in [0, 0.05) is 12.8 Å². The number of allylic oxidation sites excluding steroid dienone is 4. The fourth-order valence-corrected chi connectivity index (χ4v) is 7.84. The van der Waals surface area contributed by atoms with Crippen LogP contribution in [0.1, 0.15) is 98.8 Å². The summed E-state index contributed by atoms with van der Waals surface area (Å²) in [7, 11) is 0. The first-order chi connectivity index (χ1) is 13.3. The summed E-state index contributed by atoms with van der Waals surface area (Å²) in [5.41, 5.74) is 3.98. The van der Waals surface area contributed by atoms with Crippen LogP contribution in [0, 0.1) is 40.4 Å². The van der Waals surface area contributed by atoms with Gasteiger partial charge in [0.2, 0.25) is 0 Å². The standard InChI is InChI=1S/C27H42O/c1-18(2)7-6-8-19(3)23-11-12-24-22-10-9-20-17-21(28)13-15-26(20,4)25(22)14-16-27(23,24)5/h9-10,18-19,23-25H,6-8,11-17H2,1-5H3/t19?,23-,24?,25?,26?,27?/m1/s1. The zero-order valence-electron chi connectivity index (χ0n) is 19.0. The average Bonchev–Trinajstić information content (AvgIpc) is 2.99. The highest BCUT2D eigenvalue weighted by Crippen LogP contribution is 2.65. The van der Waals surface area contributed by atoms with Gasteiger partial charge in [-0.1, -0.05) is 77.2 Å². The number of hydrogen-bond donors (Lipinski definition) is 0. The molecule has 0 N–H and O–H groups in total. The van der Waals surface area contributed by atoms with E-state index >= 15 is 0 Å². The highest BCUT2D eigenvalue weighted by atomic mass is 16.1. The van der Waals surface area contributed by atoms with Gasteiger partial charge in [0.05, 0.1) is 0 Å². The van der Waals surface area contributed by atoms with Crippen molar-refractivity contribution in [3.8, 4) is 0 Å². The van der Waals surface area contributed by atoms with Crippen LogP contribution < -0.4 is 0 Å². The monoisotopic (exact) mass is 382 g/mol. The van der Waals surface area contributed by atoms with Crippen LogP contribution in [0.4, 0.5) is 0 Å². The van der Waals surface area contributed by atoms with Gasteiger partial charge in [-0.2, -0.15) is 0 Å². The number of hydrogen-bond acceptors (Lipinski definition) is 1. The Morgan fingerprint density at radius 1 is 1.00 bits per heavy atom. The lowest BCUT2D eigenvalue weighted by atomic mass is 9.50. The number of ketones is 1. The van der Waals surface area contributed by atoms with Crippen molar-refractivity contribution in [3.05, 3.63) is 23.3 Å². The van der Waals surface area contributed by atoms with E-state index in [9.17, 15) is 4.79 Å². The Morgan fingerprint density at radius 2 is 1.79 bits per heavy atom. The maximum Gasteiger partial charge on any atom is 0.136 e. The molecular formula is C27H42O. The second kappa shape index (κ2) is 7.44. The van der Waals surface area contributed by atoms with Gasteiger partial charge < -0.3 is 0 Å². The van der Waals surface area contributed by atoms with Crippen molar-refractivity contribution in [2.45, 2.75) is 98.8 Å². The van der Waals surface area contributed by atoms with Crippen LogP contribution in [0.2, 0.25) is 0 Å². The second-order valence-corrected chi connectivity index (χ2v) is 11.6. The molecule has 1 nitrogen and oxygen atoms in total. The molecule has 4 aliphatic carbocycles. The first-order valence-electron chi connectivity index (χ1n) is 12.2. The maximum atomic E-state index is 12.0. The molecule has 28 heavy (non-hydrogen) atoms.